The first-order valence-corrected chi connectivity index (χ1v) is 7.85. The van der Waals surface area contributed by atoms with E-state index in [0.717, 1.165) is 33.7 Å². The number of rotatable bonds is 2. The first kappa shape index (κ1) is 14.3. The van der Waals surface area contributed by atoms with Gasteiger partial charge in [-0.3, -0.25) is 4.79 Å². The number of amides is 1. The summed E-state index contributed by atoms with van der Waals surface area (Å²) in [5.41, 5.74) is 4.39. The lowest BCUT2D eigenvalue weighted by molar-refractivity contribution is -0.113. The third kappa shape index (κ3) is 2.48. The summed E-state index contributed by atoms with van der Waals surface area (Å²) in [6.07, 6.45) is 3.72. The summed E-state index contributed by atoms with van der Waals surface area (Å²) in [4.78, 5) is 18.0. The Morgan fingerprint density at radius 2 is 2.10 bits per heavy atom. The van der Waals surface area contributed by atoms with Gasteiger partial charge in [-0.15, -0.1) is 0 Å². The predicted molar refractivity (Wildman–Crippen MR) is 89.9 cm³/mol. The topological polar surface area (TPSA) is 32.7 Å². The minimum absolute atomic E-state index is 0.179. The lowest BCUT2D eigenvalue weighted by Crippen LogP contribution is -2.29. The molecule has 2 aliphatic rings. The second-order valence-corrected chi connectivity index (χ2v) is 6.55. The third-order valence-corrected chi connectivity index (χ3v) is 4.52. The number of anilines is 1. The quantitative estimate of drug-likeness (QED) is 0.805. The van der Waals surface area contributed by atoms with Crippen LogP contribution in [0.5, 0.6) is 0 Å². The number of benzene rings is 1. The zero-order valence-corrected chi connectivity index (χ0v) is 13.9. The highest BCUT2D eigenvalue weighted by Gasteiger charge is 2.28. The molecule has 0 fully saturated rings. The number of nitrogens with zero attached hydrogens (tertiary/aromatic N) is 2. The van der Waals surface area contributed by atoms with Crippen LogP contribution in [0.15, 0.2) is 51.0 Å². The highest BCUT2D eigenvalue weighted by atomic mass is 79.9. The van der Waals surface area contributed by atoms with Crippen molar-refractivity contribution in [3.8, 4) is 0 Å². The summed E-state index contributed by atoms with van der Waals surface area (Å²) in [6, 6.07) is 6.37. The normalized spacial score (nSPS) is 17.7. The Bertz CT molecular complexity index is 714. The summed E-state index contributed by atoms with van der Waals surface area (Å²) in [6.45, 7) is 7.05. The average molecular weight is 345 g/mol. The average Bonchev–Trinajstić information content (AvgIpc) is 2.82. The van der Waals surface area contributed by atoms with E-state index in [9.17, 15) is 4.79 Å². The van der Waals surface area contributed by atoms with Gasteiger partial charge in [-0.2, -0.15) is 4.99 Å². The van der Waals surface area contributed by atoms with Gasteiger partial charge in [0.2, 0.25) is 0 Å². The predicted octanol–water partition coefficient (Wildman–Crippen LogP) is 4.20. The van der Waals surface area contributed by atoms with E-state index in [1.54, 1.807) is 6.08 Å². The van der Waals surface area contributed by atoms with E-state index >= 15 is 0 Å². The Hall–Kier alpha value is -1.68. The van der Waals surface area contributed by atoms with Crippen molar-refractivity contribution < 1.29 is 4.79 Å². The molecule has 0 aromatic heterocycles. The molecule has 3 nitrogen and oxygen atoms in total. The molecule has 21 heavy (non-hydrogen) atoms. The number of amidine groups is 1. The first-order chi connectivity index (χ1) is 9.97. The van der Waals surface area contributed by atoms with Crippen molar-refractivity contribution in [2.45, 2.75) is 26.7 Å². The lowest BCUT2D eigenvalue weighted by atomic mass is 10.0. The maximum Gasteiger partial charge on any atom is 0.271 e. The molecule has 4 heteroatoms. The molecule has 0 atom stereocenters. The number of carbonyl (C=O) groups excluding carboxylic acids is 1. The number of hydrogen-bond donors (Lipinski definition) is 0. The largest absolute Gasteiger partial charge is 0.321 e. The minimum atomic E-state index is -0.179. The molecule has 0 unspecified atom stereocenters. The van der Waals surface area contributed by atoms with E-state index in [0.29, 0.717) is 5.92 Å². The van der Waals surface area contributed by atoms with Crippen LogP contribution in [0.1, 0.15) is 32.3 Å². The first-order valence-electron chi connectivity index (χ1n) is 7.06. The van der Waals surface area contributed by atoms with Gasteiger partial charge in [0.15, 0.2) is 0 Å². The highest BCUT2D eigenvalue weighted by molar-refractivity contribution is 9.10. The molecule has 2 heterocycles. The van der Waals surface area contributed by atoms with Crippen LogP contribution in [0.25, 0.3) is 0 Å². The second kappa shape index (κ2) is 5.26. The zero-order chi connectivity index (χ0) is 15.1. The summed E-state index contributed by atoms with van der Waals surface area (Å²) in [5, 5.41) is 0. The molecule has 108 valence electrons. The van der Waals surface area contributed by atoms with Crippen molar-refractivity contribution in [1.82, 2.24) is 0 Å². The van der Waals surface area contributed by atoms with Crippen LogP contribution in [0.4, 0.5) is 5.69 Å². The van der Waals surface area contributed by atoms with E-state index in [-0.39, 0.29) is 5.91 Å². The van der Waals surface area contributed by atoms with E-state index in [1.807, 2.05) is 6.92 Å². The van der Waals surface area contributed by atoms with Gasteiger partial charge in [-0.25, -0.2) is 0 Å². The standard InChI is InChI=1S/C17H17BrN2O/c1-10(2)12-4-5-15(14(18)9-12)20-7-6-13-11(3)8-16(21)19-17(13)20/h4-6,8-10H,7H2,1-3H3. The molecule has 1 amide bonds. The number of fused-ring (bicyclic) bond motifs is 1. The van der Waals surface area contributed by atoms with Crippen molar-refractivity contribution in [1.29, 1.82) is 0 Å². The summed E-state index contributed by atoms with van der Waals surface area (Å²) in [7, 11) is 0. The molecule has 0 bridgehead atoms. The molecule has 0 N–H and O–H groups in total. The number of carbonyl (C=O) groups is 1. The molecule has 0 aliphatic carbocycles. The fourth-order valence-corrected chi connectivity index (χ4v) is 3.29. The number of aliphatic imine (C=N–C) groups is 1. The van der Waals surface area contributed by atoms with Gasteiger partial charge in [0.25, 0.3) is 5.91 Å². The summed E-state index contributed by atoms with van der Waals surface area (Å²) >= 11 is 3.65. The van der Waals surface area contributed by atoms with Gasteiger partial charge in [0.05, 0.1) is 5.69 Å². The van der Waals surface area contributed by atoms with Crippen molar-refractivity contribution in [3.63, 3.8) is 0 Å². The summed E-state index contributed by atoms with van der Waals surface area (Å²) < 4.78 is 1.03. The van der Waals surface area contributed by atoms with Gasteiger partial charge in [0, 0.05) is 22.7 Å². The minimum Gasteiger partial charge on any atom is -0.321 e. The van der Waals surface area contributed by atoms with Crippen LogP contribution in [-0.2, 0) is 4.79 Å². The summed E-state index contributed by atoms with van der Waals surface area (Å²) in [5.74, 6) is 1.07. The third-order valence-electron chi connectivity index (χ3n) is 3.88. The van der Waals surface area contributed by atoms with Crippen molar-refractivity contribution in [2.75, 3.05) is 11.4 Å². The maximum absolute atomic E-state index is 11.7. The fraction of sp³-hybridized carbons (Fsp3) is 0.294. The van der Waals surface area contributed by atoms with E-state index in [2.05, 4.69) is 63.9 Å². The molecule has 3 rings (SSSR count). The molecular formula is C17H17BrN2O. The van der Waals surface area contributed by atoms with Gasteiger partial charge in [0.1, 0.15) is 5.84 Å². The molecule has 0 saturated heterocycles. The number of dihydropyridines is 1. The van der Waals surface area contributed by atoms with Crippen LogP contribution in [0.2, 0.25) is 0 Å². The Morgan fingerprint density at radius 3 is 2.76 bits per heavy atom. The number of hydrogen-bond acceptors (Lipinski definition) is 2. The fourth-order valence-electron chi connectivity index (χ4n) is 2.68. The Morgan fingerprint density at radius 1 is 1.33 bits per heavy atom. The van der Waals surface area contributed by atoms with E-state index in [1.165, 1.54) is 5.56 Å². The van der Waals surface area contributed by atoms with Crippen LogP contribution >= 0.6 is 15.9 Å². The number of halogens is 1. The van der Waals surface area contributed by atoms with Crippen LogP contribution in [0, 0.1) is 0 Å². The van der Waals surface area contributed by atoms with Crippen molar-refractivity contribution in [3.05, 3.63) is 51.5 Å². The van der Waals surface area contributed by atoms with Crippen molar-refractivity contribution >= 4 is 33.4 Å². The monoisotopic (exact) mass is 344 g/mol. The molecule has 1 aromatic rings. The molecule has 2 aliphatic heterocycles. The van der Waals surface area contributed by atoms with Crippen LogP contribution in [-0.4, -0.2) is 18.3 Å². The van der Waals surface area contributed by atoms with Gasteiger partial charge < -0.3 is 4.90 Å². The van der Waals surface area contributed by atoms with E-state index in [4.69, 9.17) is 0 Å². The van der Waals surface area contributed by atoms with Gasteiger partial charge >= 0.3 is 0 Å². The molecule has 0 radical (unpaired) electrons. The molecule has 0 saturated carbocycles. The van der Waals surface area contributed by atoms with E-state index < -0.39 is 0 Å². The van der Waals surface area contributed by atoms with Crippen LogP contribution < -0.4 is 4.90 Å². The van der Waals surface area contributed by atoms with Crippen LogP contribution in [0.3, 0.4) is 0 Å². The smallest absolute Gasteiger partial charge is 0.271 e. The lowest BCUT2D eigenvalue weighted by Gasteiger charge is -2.24. The maximum atomic E-state index is 11.7. The molecule has 1 aromatic carbocycles. The highest BCUT2D eigenvalue weighted by Crippen LogP contribution is 2.34. The second-order valence-electron chi connectivity index (χ2n) is 5.69. The Balaban J connectivity index is 1.99. The molecule has 0 spiro atoms. The van der Waals surface area contributed by atoms with Gasteiger partial charge in [-0.1, -0.05) is 26.0 Å². The van der Waals surface area contributed by atoms with Crippen molar-refractivity contribution in [2.24, 2.45) is 4.99 Å². The Labute approximate surface area is 133 Å². The zero-order valence-electron chi connectivity index (χ0n) is 12.4. The Kier molecular flexibility index (Phi) is 3.57. The molecular weight excluding hydrogens is 328 g/mol. The SMILES string of the molecule is CC1=CC(=O)N=C2C1=CCN2c1ccc(C(C)C)cc1Br. The van der Waals surface area contributed by atoms with Gasteiger partial charge in [-0.05, 0) is 52.0 Å².